The Morgan fingerprint density at radius 2 is 1.96 bits per heavy atom. The monoisotopic (exact) mass is 357 g/mol. The normalized spacial score (nSPS) is 34.4. The third-order valence-corrected chi connectivity index (χ3v) is 5.16. The molecule has 0 aromatic heterocycles. The number of rotatable bonds is 1. The molecule has 3 heterocycles. The Bertz CT molecular complexity index is 806. The molecule has 2 fully saturated rings. The highest BCUT2D eigenvalue weighted by Gasteiger charge is 2.66. The lowest BCUT2D eigenvalue weighted by Gasteiger charge is -2.24. The molecule has 1 aromatic carbocycles. The van der Waals surface area contributed by atoms with Gasteiger partial charge in [0.05, 0.1) is 39.8 Å². The standard InChI is InChI=1S/C16H11ClF3NO3/c1-15-5-4-10(24-15)11-12(15)14(23)21(13(11)22)9-6-7(16(18,19)20)2-3-8(9)17/h2-6,10-12H,1H3/t10-,11-,12+,15-/m0/s1. The summed E-state index contributed by atoms with van der Waals surface area (Å²) in [7, 11) is 0. The zero-order valence-electron chi connectivity index (χ0n) is 12.3. The van der Waals surface area contributed by atoms with E-state index in [2.05, 4.69) is 0 Å². The van der Waals surface area contributed by atoms with E-state index in [9.17, 15) is 22.8 Å². The van der Waals surface area contributed by atoms with Gasteiger partial charge < -0.3 is 4.74 Å². The van der Waals surface area contributed by atoms with Gasteiger partial charge in [0.25, 0.3) is 0 Å². The Kier molecular flexibility index (Phi) is 3.01. The van der Waals surface area contributed by atoms with E-state index < -0.39 is 47.1 Å². The first-order valence-electron chi connectivity index (χ1n) is 7.25. The van der Waals surface area contributed by atoms with Crippen molar-refractivity contribution in [1.29, 1.82) is 0 Å². The number of anilines is 1. The van der Waals surface area contributed by atoms with Gasteiger partial charge in [0.1, 0.15) is 0 Å². The molecule has 24 heavy (non-hydrogen) atoms. The first-order chi connectivity index (χ1) is 11.1. The summed E-state index contributed by atoms with van der Waals surface area (Å²) in [5.74, 6) is -2.63. The van der Waals surface area contributed by atoms with Crippen molar-refractivity contribution in [1.82, 2.24) is 0 Å². The summed E-state index contributed by atoms with van der Waals surface area (Å²) in [4.78, 5) is 26.2. The van der Waals surface area contributed by atoms with Crippen molar-refractivity contribution >= 4 is 29.1 Å². The van der Waals surface area contributed by atoms with Gasteiger partial charge >= 0.3 is 6.18 Å². The fourth-order valence-corrected chi connectivity index (χ4v) is 3.95. The molecule has 0 unspecified atom stereocenters. The van der Waals surface area contributed by atoms with Crippen molar-refractivity contribution in [3.8, 4) is 0 Å². The van der Waals surface area contributed by atoms with E-state index in [-0.39, 0.29) is 10.7 Å². The molecule has 4 nitrogen and oxygen atoms in total. The maximum atomic E-state index is 12.9. The second-order valence-corrected chi connectivity index (χ2v) is 6.71. The highest BCUT2D eigenvalue weighted by Crippen LogP contribution is 2.53. The van der Waals surface area contributed by atoms with Crippen LogP contribution in [0.4, 0.5) is 18.9 Å². The van der Waals surface area contributed by atoms with Crippen molar-refractivity contribution in [3.63, 3.8) is 0 Å². The zero-order chi connectivity index (χ0) is 17.4. The van der Waals surface area contributed by atoms with Crippen molar-refractivity contribution < 1.29 is 27.5 Å². The minimum Gasteiger partial charge on any atom is -0.362 e. The van der Waals surface area contributed by atoms with Gasteiger partial charge in [0, 0.05) is 0 Å². The smallest absolute Gasteiger partial charge is 0.362 e. The number of amides is 2. The predicted octanol–water partition coefficient (Wildman–Crippen LogP) is 3.19. The highest BCUT2D eigenvalue weighted by molar-refractivity contribution is 6.36. The van der Waals surface area contributed by atoms with Gasteiger partial charge in [0.2, 0.25) is 11.8 Å². The van der Waals surface area contributed by atoms with Gasteiger partial charge in [-0.15, -0.1) is 0 Å². The summed E-state index contributed by atoms with van der Waals surface area (Å²) >= 11 is 5.98. The summed E-state index contributed by atoms with van der Waals surface area (Å²) in [6, 6.07) is 2.59. The molecule has 0 saturated carbocycles. The molecule has 2 saturated heterocycles. The van der Waals surface area contributed by atoms with Crippen molar-refractivity contribution in [2.75, 3.05) is 4.90 Å². The van der Waals surface area contributed by atoms with E-state index in [0.29, 0.717) is 0 Å². The van der Waals surface area contributed by atoms with Crippen LogP contribution in [-0.2, 0) is 20.5 Å². The summed E-state index contributed by atoms with van der Waals surface area (Å²) in [6.07, 6.45) is -1.70. The molecule has 2 bridgehead atoms. The Morgan fingerprint density at radius 3 is 2.58 bits per heavy atom. The van der Waals surface area contributed by atoms with Gasteiger partial charge in [-0.05, 0) is 25.1 Å². The summed E-state index contributed by atoms with van der Waals surface area (Å²) in [5.41, 5.74) is -2.12. The van der Waals surface area contributed by atoms with Crippen molar-refractivity contribution in [3.05, 3.63) is 40.9 Å². The molecule has 0 spiro atoms. The molecule has 8 heteroatoms. The van der Waals surface area contributed by atoms with Crippen LogP contribution in [0.1, 0.15) is 12.5 Å². The fraction of sp³-hybridized carbons (Fsp3) is 0.375. The Morgan fingerprint density at radius 1 is 1.25 bits per heavy atom. The van der Waals surface area contributed by atoms with E-state index in [1.165, 1.54) is 0 Å². The average Bonchev–Trinajstić information content (AvgIpc) is 3.08. The number of carbonyl (C=O) groups is 2. The maximum absolute atomic E-state index is 12.9. The van der Waals surface area contributed by atoms with E-state index in [0.717, 1.165) is 23.1 Å². The van der Waals surface area contributed by atoms with Gasteiger partial charge in [-0.1, -0.05) is 23.8 Å². The van der Waals surface area contributed by atoms with Crippen LogP contribution in [0, 0.1) is 11.8 Å². The fourth-order valence-electron chi connectivity index (χ4n) is 3.75. The molecule has 4 rings (SSSR count). The van der Waals surface area contributed by atoms with Crippen LogP contribution in [0.5, 0.6) is 0 Å². The Balaban J connectivity index is 1.80. The van der Waals surface area contributed by atoms with Crippen LogP contribution in [-0.4, -0.2) is 23.5 Å². The molecule has 2 amide bonds. The number of benzene rings is 1. The molecule has 4 atom stereocenters. The molecule has 0 aliphatic carbocycles. The predicted molar refractivity (Wildman–Crippen MR) is 78.3 cm³/mol. The summed E-state index contributed by atoms with van der Waals surface area (Å²) in [6.45, 7) is 1.69. The number of hydrogen-bond donors (Lipinski definition) is 0. The first-order valence-corrected chi connectivity index (χ1v) is 7.63. The third kappa shape index (κ3) is 1.91. The SMILES string of the molecule is C[C@@]12C=C[C@H](O1)[C@@H]1C(=O)N(c3cc(C(F)(F)F)ccc3Cl)C(=O)[C@@H]12. The van der Waals surface area contributed by atoms with Crippen LogP contribution in [0.15, 0.2) is 30.4 Å². The Hall–Kier alpha value is -1.86. The van der Waals surface area contributed by atoms with Gasteiger partial charge in [-0.3, -0.25) is 9.59 Å². The van der Waals surface area contributed by atoms with Crippen molar-refractivity contribution in [2.45, 2.75) is 24.8 Å². The molecular formula is C16H11ClF3NO3. The van der Waals surface area contributed by atoms with E-state index >= 15 is 0 Å². The minimum atomic E-state index is -4.60. The maximum Gasteiger partial charge on any atom is 0.416 e. The molecular weight excluding hydrogens is 347 g/mol. The highest BCUT2D eigenvalue weighted by atomic mass is 35.5. The van der Waals surface area contributed by atoms with Gasteiger partial charge in [-0.2, -0.15) is 13.2 Å². The van der Waals surface area contributed by atoms with Crippen LogP contribution in [0.3, 0.4) is 0 Å². The van der Waals surface area contributed by atoms with E-state index in [1.807, 2.05) is 0 Å². The third-order valence-electron chi connectivity index (χ3n) is 4.84. The number of fused-ring (bicyclic) bond motifs is 5. The van der Waals surface area contributed by atoms with Crippen LogP contribution < -0.4 is 4.90 Å². The summed E-state index contributed by atoms with van der Waals surface area (Å²) < 4.78 is 44.5. The molecule has 3 aliphatic rings. The van der Waals surface area contributed by atoms with Crippen molar-refractivity contribution in [2.24, 2.45) is 11.8 Å². The zero-order valence-corrected chi connectivity index (χ0v) is 13.1. The lowest BCUT2D eigenvalue weighted by Crippen LogP contribution is -2.38. The Labute approximate surface area is 139 Å². The molecule has 3 aliphatic heterocycles. The second kappa shape index (κ2) is 4.61. The topological polar surface area (TPSA) is 46.6 Å². The quantitative estimate of drug-likeness (QED) is 0.573. The second-order valence-electron chi connectivity index (χ2n) is 6.30. The van der Waals surface area contributed by atoms with Gasteiger partial charge in [-0.25, -0.2) is 4.90 Å². The number of carbonyl (C=O) groups excluding carboxylic acids is 2. The lowest BCUT2D eigenvalue weighted by atomic mass is 9.78. The first kappa shape index (κ1) is 15.7. The molecule has 0 radical (unpaired) electrons. The largest absolute Gasteiger partial charge is 0.416 e. The molecule has 126 valence electrons. The van der Waals surface area contributed by atoms with Crippen LogP contribution in [0.25, 0.3) is 0 Å². The van der Waals surface area contributed by atoms with E-state index in [1.54, 1.807) is 19.1 Å². The number of halogens is 4. The lowest BCUT2D eigenvalue weighted by molar-refractivity contribution is -0.137. The number of nitrogens with zero attached hydrogens (tertiary/aromatic N) is 1. The molecule has 0 N–H and O–H groups in total. The van der Waals surface area contributed by atoms with Gasteiger partial charge in [0.15, 0.2) is 0 Å². The number of alkyl halides is 3. The summed E-state index contributed by atoms with van der Waals surface area (Å²) in [5, 5.41) is -0.0870. The number of hydrogen-bond acceptors (Lipinski definition) is 3. The minimum absolute atomic E-state index is 0.0870. The average molecular weight is 358 g/mol. The van der Waals surface area contributed by atoms with E-state index in [4.69, 9.17) is 16.3 Å². The molecule has 1 aromatic rings. The number of imide groups is 1. The number of ether oxygens (including phenoxy) is 1. The van der Waals surface area contributed by atoms with Crippen LogP contribution >= 0.6 is 11.6 Å². The van der Waals surface area contributed by atoms with Crippen LogP contribution in [0.2, 0.25) is 5.02 Å².